The van der Waals surface area contributed by atoms with Gasteiger partial charge in [-0.1, -0.05) is 6.07 Å². The lowest BCUT2D eigenvalue weighted by molar-refractivity contribution is 0.393. The van der Waals surface area contributed by atoms with Crippen LogP contribution < -0.4 is 18.5 Å². The number of sulfonamides is 1. The van der Waals surface area contributed by atoms with Crippen molar-refractivity contribution in [3.63, 3.8) is 0 Å². The molecule has 0 spiro atoms. The Morgan fingerprint density at radius 2 is 1.39 bits per heavy atom. The molecule has 3 aromatic rings. The zero-order chi connectivity index (χ0) is 22.6. The van der Waals surface area contributed by atoms with Gasteiger partial charge in [-0.25, -0.2) is 12.8 Å². The van der Waals surface area contributed by atoms with Crippen LogP contribution >= 0.6 is 0 Å². The third kappa shape index (κ3) is 4.91. The van der Waals surface area contributed by atoms with Crippen LogP contribution in [0.5, 0.6) is 17.2 Å². The maximum absolute atomic E-state index is 14.3. The van der Waals surface area contributed by atoms with E-state index in [0.717, 1.165) is 4.31 Å². The van der Waals surface area contributed by atoms with Gasteiger partial charge in [-0.2, -0.15) is 0 Å². The highest BCUT2D eigenvalue weighted by molar-refractivity contribution is 7.92. The Bertz CT molecular complexity index is 1140. The summed E-state index contributed by atoms with van der Waals surface area (Å²) in [4.78, 5) is 0.0594. The van der Waals surface area contributed by atoms with Crippen LogP contribution in [-0.4, -0.2) is 29.7 Å². The van der Waals surface area contributed by atoms with Crippen LogP contribution in [0.2, 0.25) is 0 Å². The van der Waals surface area contributed by atoms with E-state index in [1.54, 1.807) is 49.4 Å². The van der Waals surface area contributed by atoms with Crippen LogP contribution in [0.4, 0.5) is 10.1 Å². The minimum absolute atomic E-state index is 0.0512. The summed E-state index contributed by atoms with van der Waals surface area (Å²) in [6.07, 6.45) is 0. The lowest BCUT2D eigenvalue weighted by Crippen LogP contribution is -2.30. The second-order valence-electron chi connectivity index (χ2n) is 6.84. The van der Waals surface area contributed by atoms with E-state index in [1.165, 1.54) is 39.5 Å². The third-order valence-electron chi connectivity index (χ3n) is 4.83. The van der Waals surface area contributed by atoms with Gasteiger partial charge in [-0.3, -0.25) is 4.31 Å². The molecule has 0 aliphatic rings. The quantitative estimate of drug-likeness (QED) is 0.509. The number of ether oxygens (including phenoxy) is 3. The molecular formula is C23H24FNO5S. The Hall–Kier alpha value is -3.26. The van der Waals surface area contributed by atoms with E-state index in [-0.39, 0.29) is 17.1 Å². The maximum Gasteiger partial charge on any atom is 0.264 e. The summed E-state index contributed by atoms with van der Waals surface area (Å²) < 4.78 is 58.3. The first-order valence-electron chi connectivity index (χ1n) is 9.43. The Morgan fingerprint density at radius 1 is 0.806 bits per heavy atom. The molecule has 31 heavy (non-hydrogen) atoms. The standard InChI is InChI=1S/C23H24FNO5S/c1-16-5-6-18(13-23(16)24)25(15-17-11-20(29-3)14-21(12-17)30-4)31(26,27)22-9-7-19(28-2)8-10-22/h5-14H,15H2,1-4H3. The first-order valence-corrected chi connectivity index (χ1v) is 10.9. The number of anilines is 1. The van der Waals surface area contributed by atoms with Gasteiger partial charge in [0.1, 0.15) is 23.1 Å². The number of aryl methyl sites for hydroxylation is 1. The second kappa shape index (κ2) is 9.26. The summed E-state index contributed by atoms with van der Waals surface area (Å²) in [6, 6.07) is 15.5. The number of rotatable bonds is 8. The van der Waals surface area contributed by atoms with Crippen molar-refractivity contribution in [1.82, 2.24) is 0 Å². The molecule has 0 aliphatic carbocycles. The third-order valence-corrected chi connectivity index (χ3v) is 6.62. The lowest BCUT2D eigenvalue weighted by Gasteiger charge is -2.25. The molecule has 0 bridgehead atoms. The van der Waals surface area contributed by atoms with Crippen LogP contribution in [0, 0.1) is 12.7 Å². The summed E-state index contributed by atoms with van der Waals surface area (Å²) in [7, 11) is 0.512. The van der Waals surface area contributed by atoms with E-state index in [4.69, 9.17) is 14.2 Å². The van der Waals surface area contributed by atoms with Crippen LogP contribution in [0.25, 0.3) is 0 Å². The molecule has 0 N–H and O–H groups in total. The molecule has 0 unspecified atom stereocenters. The van der Waals surface area contributed by atoms with Crippen LogP contribution in [-0.2, 0) is 16.6 Å². The summed E-state index contributed by atoms with van der Waals surface area (Å²) in [5.41, 5.74) is 1.25. The first-order chi connectivity index (χ1) is 14.8. The number of halogens is 1. The highest BCUT2D eigenvalue weighted by Gasteiger charge is 2.26. The van der Waals surface area contributed by atoms with E-state index >= 15 is 0 Å². The van der Waals surface area contributed by atoms with Gasteiger partial charge in [0.25, 0.3) is 10.0 Å². The molecule has 3 rings (SSSR count). The van der Waals surface area contributed by atoms with Crippen molar-refractivity contribution in [3.05, 3.63) is 77.6 Å². The van der Waals surface area contributed by atoms with Gasteiger partial charge in [-0.15, -0.1) is 0 Å². The molecule has 0 fully saturated rings. The fourth-order valence-corrected chi connectivity index (χ4v) is 4.49. The number of nitrogens with zero attached hydrogens (tertiary/aromatic N) is 1. The van der Waals surface area contributed by atoms with E-state index in [9.17, 15) is 12.8 Å². The van der Waals surface area contributed by atoms with Gasteiger partial charge in [0.2, 0.25) is 0 Å². The molecule has 6 nitrogen and oxygen atoms in total. The van der Waals surface area contributed by atoms with Crippen molar-refractivity contribution in [2.75, 3.05) is 25.6 Å². The first kappa shape index (κ1) is 22.4. The number of hydrogen-bond donors (Lipinski definition) is 0. The molecule has 0 saturated heterocycles. The molecule has 164 valence electrons. The molecule has 0 atom stereocenters. The Labute approximate surface area is 181 Å². The average Bonchev–Trinajstić information content (AvgIpc) is 2.79. The van der Waals surface area contributed by atoms with Gasteiger partial charge >= 0.3 is 0 Å². The van der Waals surface area contributed by atoms with Crippen LogP contribution in [0.15, 0.2) is 65.6 Å². The predicted octanol–water partition coefficient (Wildman–Crippen LogP) is 4.56. The van der Waals surface area contributed by atoms with Crippen molar-refractivity contribution in [2.45, 2.75) is 18.4 Å². The number of hydrogen-bond acceptors (Lipinski definition) is 5. The van der Waals surface area contributed by atoms with Gasteiger partial charge in [0.05, 0.1) is 38.5 Å². The molecule has 8 heteroatoms. The minimum atomic E-state index is -4.02. The molecule has 0 amide bonds. The van der Waals surface area contributed by atoms with Gasteiger partial charge < -0.3 is 14.2 Å². The summed E-state index contributed by atoms with van der Waals surface area (Å²) in [6.45, 7) is 1.57. The number of benzene rings is 3. The van der Waals surface area contributed by atoms with Gasteiger partial charge in [-0.05, 0) is 66.6 Å². The van der Waals surface area contributed by atoms with E-state index in [2.05, 4.69) is 0 Å². The van der Waals surface area contributed by atoms with Crippen LogP contribution in [0.1, 0.15) is 11.1 Å². The second-order valence-corrected chi connectivity index (χ2v) is 8.70. The normalized spacial score (nSPS) is 11.1. The topological polar surface area (TPSA) is 65.1 Å². The maximum atomic E-state index is 14.3. The monoisotopic (exact) mass is 445 g/mol. The highest BCUT2D eigenvalue weighted by atomic mass is 32.2. The zero-order valence-electron chi connectivity index (χ0n) is 17.8. The SMILES string of the molecule is COc1ccc(S(=O)(=O)N(Cc2cc(OC)cc(OC)c2)c2ccc(C)c(F)c2)cc1. The molecule has 0 aromatic heterocycles. The molecular weight excluding hydrogens is 421 g/mol. The highest BCUT2D eigenvalue weighted by Crippen LogP contribution is 2.30. The molecule has 3 aromatic carbocycles. The molecule has 0 aliphatic heterocycles. The molecule has 0 saturated carbocycles. The van der Waals surface area contributed by atoms with Crippen molar-refractivity contribution < 1.29 is 27.0 Å². The molecule has 0 radical (unpaired) electrons. The van der Waals surface area contributed by atoms with Crippen molar-refractivity contribution >= 4 is 15.7 Å². The lowest BCUT2D eigenvalue weighted by atomic mass is 10.1. The van der Waals surface area contributed by atoms with Crippen LogP contribution in [0.3, 0.4) is 0 Å². The minimum Gasteiger partial charge on any atom is -0.497 e. The average molecular weight is 446 g/mol. The summed E-state index contributed by atoms with van der Waals surface area (Å²) >= 11 is 0. The van der Waals surface area contributed by atoms with E-state index in [1.807, 2.05) is 0 Å². The van der Waals surface area contributed by atoms with Crippen molar-refractivity contribution in [3.8, 4) is 17.2 Å². The van der Waals surface area contributed by atoms with Crippen molar-refractivity contribution in [2.24, 2.45) is 0 Å². The largest absolute Gasteiger partial charge is 0.497 e. The van der Waals surface area contributed by atoms with Gasteiger partial charge in [0.15, 0.2) is 0 Å². The smallest absolute Gasteiger partial charge is 0.264 e. The summed E-state index contributed by atoms with van der Waals surface area (Å²) in [5.74, 6) is 1.08. The van der Waals surface area contributed by atoms with E-state index in [0.29, 0.717) is 28.4 Å². The fraction of sp³-hybridized carbons (Fsp3) is 0.217. The molecule has 0 heterocycles. The van der Waals surface area contributed by atoms with Gasteiger partial charge in [0, 0.05) is 6.07 Å². The summed E-state index contributed by atoms with van der Waals surface area (Å²) in [5, 5.41) is 0. The Balaban J connectivity index is 2.11. The number of methoxy groups -OCH3 is 3. The Morgan fingerprint density at radius 3 is 1.90 bits per heavy atom. The van der Waals surface area contributed by atoms with Crippen molar-refractivity contribution in [1.29, 1.82) is 0 Å². The van der Waals surface area contributed by atoms with E-state index < -0.39 is 15.8 Å². The zero-order valence-corrected chi connectivity index (χ0v) is 18.6. The fourth-order valence-electron chi connectivity index (χ4n) is 3.05. The predicted molar refractivity (Wildman–Crippen MR) is 117 cm³/mol. The Kier molecular flexibility index (Phi) is 6.70.